The highest BCUT2D eigenvalue weighted by Crippen LogP contribution is 2.61. The Hall–Kier alpha value is -0.590. The number of rotatable bonds is 0. The van der Waals surface area contributed by atoms with E-state index in [1.54, 1.807) is 0 Å². The molecule has 0 unspecified atom stereocenters. The van der Waals surface area contributed by atoms with Crippen LogP contribution in [0.5, 0.6) is 0 Å². The molecule has 1 heteroatoms. The maximum absolute atomic E-state index is 12.4. The Bertz CT molecular complexity index is 381. The van der Waals surface area contributed by atoms with Crippen molar-refractivity contribution >= 4 is 5.78 Å². The summed E-state index contributed by atoms with van der Waals surface area (Å²) >= 11 is 0. The van der Waals surface area contributed by atoms with Crippen LogP contribution in [0, 0.1) is 22.2 Å². The molecule has 2 aliphatic carbocycles. The van der Waals surface area contributed by atoms with E-state index in [0.717, 1.165) is 0 Å². The topological polar surface area (TPSA) is 17.1 Å². The fourth-order valence-corrected chi connectivity index (χ4v) is 4.52. The summed E-state index contributed by atoms with van der Waals surface area (Å²) in [6.45, 7) is 13.6. The van der Waals surface area contributed by atoms with E-state index in [-0.39, 0.29) is 22.2 Å². The lowest BCUT2D eigenvalue weighted by Gasteiger charge is -2.49. The van der Waals surface area contributed by atoms with Gasteiger partial charge in [-0.05, 0) is 35.2 Å². The smallest absolute Gasteiger partial charge is 0.160 e. The Morgan fingerprint density at radius 1 is 1.18 bits per heavy atom. The Labute approximate surface area is 106 Å². The molecule has 0 bridgehead atoms. The maximum atomic E-state index is 12.4. The van der Waals surface area contributed by atoms with E-state index < -0.39 is 0 Å². The summed E-state index contributed by atoms with van der Waals surface area (Å²) < 4.78 is 0. The lowest BCUT2D eigenvalue weighted by molar-refractivity contribution is -0.126. The number of hydrogen-bond acceptors (Lipinski definition) is 1. The highest BCUT2D eigenvalue weighted by molar-refractivity contribution is 5.97. The molecule has 0 aromatic carbocycles. The molecule has 0 N–H and O–H groups in total. The first-order valence-corrected chi connectivity index (χ1v) is 6.85. The van der Waals surface area contributed by atoms with Crippen molar-refractivity contribution in [2.45, 2.75) is 60.8 Å². The normalized spacial score (nSPS) is 36.7. The molecule has 1 nitrogen and oxygen atoms in total. The largest absolute Gasteiger partial charge is 0.294 e. The number of fused-ring (bicyclic) bond motifs is 1. The minimum absolute atomic E-state index is 0.108. The molecule has 2 rings (SSSR count). The Morgan fingerprint density at radius 2 is 1.76 bits per heavy atom. The second-order valence-corrected chi connectivity index (χ2v) is 7.90. The minimum atomic E-state index is 0.108. The molecule has 0 aromatic rings. The van der Waals surface area contributed by atoms with Crippen LogP contribution in [-0.4, -0.2) is 5.78 Å². The summed E-state index contributed by atoms with van der Waals surface area (Å²) in [5, 5.41) is 0. The van der Waals surface area contributed by atoms with E-state index in [1.807, 2.05) is 6.08 Å². The van der Waals surface area contributed by atoms with Crippen molar-refractivity contribution in [2.24, 2.45) is 22.2 Å². The highest BCUT2D eigenvalue weighted by atomic mass is 16.1. The molecule has 0 radical (unpaired) electrons. The zero-order chi connectivity index (χ0) is 13.1. The number of carbonyl (C=O) groups excluding carboxylic acids is 1. The molecule has 0 aliphatic heterocycles. The van der Waals surface area contributed by atoms with Crippen LogP contribution < -0.4 is 0 Å². The van der Waals surface area contributed by atoms with E-state index >= 15 is 0 Å². The summed E-state index contributed by atoms with van der Waals surface area (Å²) in [6.07, 6.45) is 5.58. The summed E-state index contributed by atoms with van der Waals surface area (Å²) in [5.74, 6) is 0.583. The third-order valence-corrected chi connectivity index (χ3v) is 4.93. The van der Waals surface area contributed by atoms with Crippen molar-refractivity contribution in [1.82, 2.24) is 0 Å². The number of hydrogen-bond donors (Lipinski definition) is 0. The molecule has 96 valence electrons. The molecule has 1 saturated carbocycles. The highest BCUT2D eigenvalue weighted by Gasteiger charge is 2.56. The zero-order valence-corrected chi connectivity index (χ0v) is 12.2. The number of carbonyl (C=O) groups is 1. The van der Waals surface area contributed by atoms with E-state index in [9.17, 15) is 4.79 Å². The Morgan fingerprint density at radius 3 is 2.29 bits per heavy atom. The van der Waals surface area contributed by atoms with Gasteiger partial charge in [-0.1, -0.05) is 53.5 Å². The van der Waals surface area contributed by atoms with Crippen LogP contribution in [0.25, 0.3) is 0 Å². The average molecular weight is 234 g/mol. The molecule has 2 atom stereocenters. The van der Waals surface area contributed by atoms with Gasteiger partial charge in [0.2, 0.25) is 0 Å². The standard InChI is InChI=1S/C16H26O/c1-14(2,3)12-10-11(17)13-15(4,5)8-7-9-16(12,13)6/h10,13H,7-9H2,1-6H3/t13-,16-/m0/s1. The zero-order valence-electron chi connectivity index (χ0n) is 12.2. The molecule has 1 fully saturated rings. The van der Waals surface area contributed by atoms with Crippen molar-refractivity contribution in [2.75, 3.05) is 0 Å². The maximum Gasteiger partial charge on any atom is 0.160 e. The van der Waals surface area contributed by atoms with Gasteiger partial charge < -0.3 is 0 Å². The average Bonchev–Trinajstić information content (AvgIpc) is 2.37. The molecular formula is C16H26O. The SMILES string of the molecule is CC(C)(C)C1=CC(=O)[C@H]2C(C)(C)CCC[C@@]12C. The third-order valence-electron chi connectivity index (χ3n) is 4.93. The lowest BCUT2D eigenvalue weighted by atomic mass is 9.53. The Kier molecular flexibility index (Phi) is 2.62. The lowest BCUT2D eigenvalue weighted by Crippen LogP contribution is -2.44. The van der Waals surface area contributed by atoms with Crippen LogP contribution in [0.3, 0.4) is 0 Å². The molecule has 17 heavy (non-hydrogen) atoms. The van der Waals surface area contributed by atoms with Crippen LogP contribution in [0.1, 0.15) is 60.8 Å². The Balaban J connectivity index is 2.49. The van der Waals surface area contributed by atoms with Crippen LogP contribution >= 0.6 is 0 Å². The van der Waals surface area contributed by atoms with Crippen molar-refractivity contribution in [3.63, 3.8) is 0 Å². The van der Waals surface area contributed by atoms with Crippen LogP contribution in [0.15, 0.2) is 11.6 Å². The first kappa shape index (κ1) is 12.9. The van der Waals surface area contributed by atoms with E-state index in [1.165, 1.54) is 24.8 Å². The van der Waals surface area contributed by atoms with Crippen LogP contribution in [-0.2, 0) is 4.79 Å². The van der Waals surface area contributed by atoms with Crippen LogP contribution in [0.4, 0.5) is 0 Å². The predicted molar refractivity (Wildman–Crippen MR) is 71.8 cm³/mol. The molecule has 0 saturated heterocycles. The van der Waals surface area contributed by atoms with Crippen LogP contribution in [0.2, 0.25) is 0 Å². The fraction of sp³-hybridized carbons (Fsp3) is 0.812. The summed E-state index contributed by atoms with van der Waals surface area (Å²) in [5.41, 5.74) is 1.77. The second-order valence-electron chi connectivity index (χ2n) is 7.90. The van der Waals surface area contributed by atoms with Crippen molar-refractivity contribution < 1.29 is 4.79 Å². The molecular weight excluding hydrogens is 208 g/mol. The number of allylic oxidation sites excluding steroid dienone is 2. The predicted octanol–water partition coefficient (Wildman–Crippen LogP) is 4.37. The molecule has 0 aromatic heterocycles. The van der Waals surface area contributed by atoms with E-state index in [2.05, 4.69) is 41.5 Å². The summed E-state index contributed by atoms with van der Waals surface area (Å²) in [7, 11) is 0. The number of ketones is 1. The quantitative estimate of drug-likeness (QED) is 0.608. The molecule has 0 spiro atoms. The van der Waals surface area contributed by atoms with Gasteiger partial charge in [0.25, 0.3) is 0 Å². The first-order chi connectivity index (χ1) is 7.59. The molecule has 2 aliphatic rings. The van der Waals surface area contributed by atoms with Gasteiger partial charge in [-0.25, -0.2) is 0 Å². The van der Waals surface area contributed by atoms with Gasteiger partial charge in [0.05, 0.1) is 0 Å². The third kappa shape index (κ3) is 1.78. The molecule has 0 amide bonds. The minimum Gasteiger partial charge on any atom is -0.294 e. The van der Waals surface area contributed by atoms with Gasteiger partial charge >= 0.3 is 0 Å². The van der Waals surface area contributed by atoms with Gasteiger partial charge in [0, 0.05) is 5.92 Å². The van der Waals surface area contributed by atoms with Gasteiger partial charge in [0.15, 0.2) is 5.78 Å². The van der Waals surface area contributed by atoms with Gasteiger partial charge in [-0.3, -0.25) is 4.79 Å². The van der Waals surface area contributed by atoms with Gasteiger partial charge in [-0.2, -0.15) is 0 Å². The second kappa shape index (κ2) is 3.46. The van der Waals surface area contributed by atoms with E-state index in [4.69, 9.17) is 0 Å². The summed E-state index contributed by atoms with van der Waals surface area (Å²) in [6, 6.07) is 0. The van der Waals surface area contributed by atoms with Gasteiger partial charge in [-0.15, -0.1) is 0 Å². The van der Waals surface area contributed by atoms with E-state index in [0.29, 0.717) is 5.78 Å². The van der Waals surface area contributed by atoms with Crippen molar-refractivity contribution in [3.05, 3.63) is 11.6 Å². The van der Waals surface area contributed by atoms with Crippen molar-refractivity contribution in [1.29, 1.82) is 0 Å². The summed E-state index contributed by atoms with van der Waals surface area (Å²) in [4.78, 5) is 12.4. The van der Waals surface area contributed by atoms with Crippen molar-refractivity contribution in [3.8, 4) is 0 Å². The first-order valence-electron chi connectivity index (χ1n) is 6.85. The molecule has 0 heterocycles. The fourth-order valence-electron chi connectivity index (χ4n) is 4.52. The monoisotopic (exact) mass is 234 g/mol. The van der Waals surface area contributed by atoms with Gasteiger partial charge in [0.1, 0.15) is 0 Å².